The van der Waals surface area contributed by atoms with E-state index in [-0.39, 0.29) is 10.5 Å². The molecule has 4 aromatic carbocycles. The summed E-state index contributed by atoms with van der Waals surface area (Å²) in [5.74, 6) is 0.0999. The van der Waals surface area contributed by atoms with Crippen LogP contribution in [-0.4, -0.2) is 84.3 Å². The van der Waals surface area contributed by atoms with Crippen LogP contribution in [0.25, 0.3) is 0 Å². The summed E-state index contributed by atoms with van der Waals surface area (Å²) in [5, 5.41) is 7.14. The first-order valence-electron chi connectivity index (χ1n) is 18.4. The molecule has 0 radical (unpaired) electrons. The number of nitrogens with zero attached hydrogens (tertiary/aromatic N) is 2. The van der Waals surface area contributed by atoms with Crippen molar-refractivity contribution in [2.24, 2.45) is 0 Å². The van der Waals surface area contributed by atoms with Crippen LogP contribution < -0.4 is 25.0 Å². The van der Waals surface area contributed by atoms with E-state index in [1.54, 1.807) is 30.3 Å². The number of para-hydroxylation sites is 1. The van der Waals surface area contributed by atoms with Crippen molar-refractivity contribution in [1.29, 1.82) is 0 Å². The van der Waals surface area contributed by atoms with Crippen molar-refractivity contribution in [1.82, 2.24) is 14.9 Å². The number of carbonyl (C=O) groups excluding carboxylic acids is 1. The second kappa shape index (κ2) is 18.4. The number of amides is 1. The number of rotatable bonds is 16. The lowest BCUT2D eigenvalue weighted by Crippen LogP contribution is -2.43. The quantitative estimate of drug-likeness (QED) is 0.116. The van der Waals surface area contributed by atoms with E-state index < -0.39 is 15.9 Å². The average molecular weight is 726 g/mol. The third-order valence-electron chi connectivity index (χ3n) is 9.76. The molecule has 52 heavy (non-hydrogen) atoms. The third-order valence-corrected chi connectivity index (χ3v) is 11.1. The SMILES string of the molecule is Cc1cc(S(=O)(=O)NC(=O)c2ccc(N3CCC(NCCCc4ccccc4)CC3)cc2Oc2ccccc2)ccc1NCCCN1CCOCC1. The molecule has 2 saturated heterocycles. The Morgan fingerprint density at radius 2 is 1.58 bits per heavy atom. The zero-order chi connectivity index (χ0) is 36.2. The number of benzene rings is 4. The standard InChI is InChI=1S/C41H51N5O5S/c1-32-30-37(16-18-39(32)43-22-9-23-45-26-28-50-29-27-45)52(48,49)44-41(47)38-17-15-35(31-40(38)51-36-13-6-3-7-14-36)46-24-19-34(20-25-46)42-21-8-12-33-10-4-2-5-11-33/h2-7,10-11,13-18,30-31,34,42-43H,8-9,12,19-29H2,1H3,(H,44,47). The molecule has 0 spiro atoms. The molecule has 0 saturated carbocycles. The molecule has 0 atom stereocenters. The van der Waals surface area contributed by atoms with Crippen LogP contribution in [0.15, 0.2) is 102 Å². The van der Waals surface area contributed by atoms with Crippen LogP contribution in [-0.2, 0) is 21.2 Å². The fourth-order valence-corrected chi connectivity index (χ4v) is 7.82. The van der Waals surface area contributed by atoms with Crippen molar-refractivity contribution >= 4 is 27.3 Å². The van der Waals surface area contributed by atoms with Crippen LogP contribution in [0, 0.1) is 6.92 Å². The van der Waals surface area contributed by atoms with E-state index in [9.17, 15) is 13.2 Å². The molecule has 0 bridgehead atoms. The number of anilines is 2. The van der Waals surface area contributed by atoms with Gasteiger partial charge in [0.2, 0.25) is 0 Å². The summed E-state index contributed by atoms with van der Waals surface area (Å²) in [6.07, 6.45) is 5.14. The van der Waals surface area contributed by atoms with Gasteiger partial charge in [-0.1, -0.05) is 48.5 Å². The first-order valence-corrected chi connectivity index (χ1v) is 19.9. The molecular formula is C41H51N5O5S. The van der Waals surface area contributed by atoms with Gasteiger partial charge in [-0.3, -0.25) is 9.69 Å². The average Bonchev–Trinajstić information content (AvgIpc) is 3.17. The number of hydrogen-bond donors (Lipinski definition) is 3. The lowest BCUT2D eigenvalue weighted by atomic mass is 10.0. The highest BCUT2D eigenvalue weighted by atomic mass is 32.2. The number of morpholine rings is 1. The van der Waals surface area contributed by atoms with Gasteiger partial charge in [0, 0.05) is 56.2 Å². The molecule has 0 unspecified atom stereocenters. The van der Waals surface area contributed by atoms with E-state index in [1.165, 1.54) is 11.6 Å². The summed E-state index contributed by atoms with van der Waals surface area (Å²) in [4.78, 5) is 18.3. The van der Waals surface area contributed by atoms with Gasteiger partial charge in [-0.05, 0) is 106 Å². The van der Waals surface area contributed by atoms with Crippen LogP contribution in [0.3, 0.4) is 0 Å². The molecule has 6 rings (SSSR count). The van der Waals surface area contributed by atoms with E-state index in [1.807, 2.05) is 37.3 Å². The molecule has 0 aromatic heterocycles. The van der Waals surface area contributed by atoms with Gasteiger partial charge < -0.3 is 25.0 Å². The van der Waals surface area contributed by atoms with Crippen molar-refractivity contribution in [3.05, 3.63) is 114 Å². The Balaban J connectivity index is 1.06. The minimum Gasteiger partial charge on any atom is -0.456 e. The first-order chi connectivity index (χ1) is 25.3. The second-order valence-electron chi connectivity index (χ2n) is 13.5. The summed E-state index contributed by atoms with van der Waals surface area (Å²) in [7, 11) is -4.16. The minimum absolute atomic E-state index is 0.0240. The van der Waals surface area contributed by atoms with Gasteiger partial charge in [-0.2, -0.15) is 0 Å². The van der Waals surface area contributed by atoms with Crippen LogP contribution in [0.5, 0.6) is 11.5 Å². The predicted octanol–water partition coefficient (Wildman–Crippen LogP) is 6.23. The van der Waals surface area contributed by atoms with E-state index in [0.717, 1.165) is 108 Å². The highest BCUT2D eigenvalue weighted by molar-refractivity contribution is 7.90. The summed E-state index contributed by atoms with van der Waals surface area (Å²) in [5.41, 5.74) is 4.08. The lowest BCUT2D eigenvalue weighted by molar-refractivity contribution is 0.0378. The number of nitrogens with one attached hydrogen (secondary N) is 3. The molecular weight excluding hydrogens is 675 g/mol. The number of piperidine rings is 1. The molecule has 10 nitrogen and oxygen atoms in total. The molecule has 2 aliphatic rings. The first kappa shape index (κ1) is 37.3. The third kappa shape index (κ3) is 10.6. The Kier molecular flexibility index (Phi) is 13.2. The van der Waals surface area contributed by atoms with E-state index in [4.69, 9.17) is 9.47 Å². The van der Waals surface area contributed by atoms with E-state index in [0.29, 0.717) is 17.5 Å². The van der Waals surface area contributed by atoms with Gasteiger partial charge in [-0.25, -0.2) is 13.1 Å². The second-order valence-corrected chi connectivity index (χ2v) is 15.2. The molecule has 2 aliphatic heterocycles. The topological polar surface area (TPSA) is 112 Å². The van der Waals surface area contributed by atoms with Gasteiger partial charge in [-0.15, -0.1) is 0 Å². The van der Waals surface area contributed by atoms with Crippen LogP contribution in [0.1, 0.15) is 47.2 Å². The normalized spacial score (nSPS) is 15.7. The smallest absolute Gasteiger partial charge is 0.268 e. The van der Waals surface area contributed by atoms with Crippen molar-refractivity contribution in [2.75, 3.05) is 69.2 Å². The molecule has 3 N–H and O–H groups in total. The number of sulfonamides is 1. The van der Waals surface area contributed by atoms with Crippen molar-refractivity contribution < 1.29 is 22.7 Å². The lowest BCUT2D eigenvalue weighted by Gasteiger charge is -2.34. The molecule has 276 valence electrons. The number of hydrogen-bond acceptors (Lipinski definition) is 9. The van der Waals surface area contributed by atoms with Crippen LogP contribution >= 0.6 is 0 Å². The van der Waals surface area contributed by atoms with Gasteiger partial charge in [0.15, 0.2) is 0 Å². The summed E-state index contributed by atoms with van der Waals surface area (Å²) >= 11 is 0. The highest BCUT2D eigenvalue weighted by Gasteiger charge is 2.25. The minimum atomic E-state index is -4.16. The zero-order valence-corrected chi connectivity index (χ0v) is 30.9. The van der Waals surface area contributed by atoms with E-state index in [2.05, 4.69) is 55.5 Å². The maximum Gasteiger partial charge on any atom is 0.268 e. The zero-order valence-electron chi connectivity index (χ0n) is 30.1. The number of carbonyl (C=O) groups is 1. The van der Waals surface area contributed by atoms with E-state index >= 15 is 0 Å². The molecule has 2 fully saturated rings. The summed E-state index contributed by atoms with van der Waals surface area (Å²) in [6.45, 7) is 9.78. The summed E-state index contributed by atoms with van der Waals surface area (Å²) < 4.78 is 40.9. The van der Waals surface area contributed by atoms with Gasteiger partial charge >= 0.3 is 0 Å². The fourth-order valence-electron chi connectivity index (χ4n) is 6.77. The molecule has 4 aromatic rings. The largest absolute Gasteiger partial charge is 0.456 e. The Bertz CT molecular complexity index is 1840. The highest BCUT2D eigenvalue weighted by Crippen LogP contribution is 2.32. The van der Waals surface area contributed by atoms with Crippen LogP contribution in [0.4, 0.5) is 11.4 Å². The van der Waals surface area contributed by atoms with Gasteiger partial charge in [0.1, 0.15) is 11.5 Å². The Morgan fingerprint density at radius 3 is 2.31 bits per heavy atom. The van der Waals surface area contributed by atoms with Crippen molar-refractivity contribution in [3.63, 3.8) is 0 Å². The molecule has 11 heteroatoms. The predicted molar refractivity (Wildman–Crippen MR) is 207 cm³/mol. The fraction of sp³-hybridized carbons (Fsp3) is 0.390. The van der Waals surface area contributed by atoms with Crippen molar-refractivity contribution in [3.8, 4) is 11.5 Å². The Labute approximate surface area is 308 Å². The number of aryl methyl sites for hydroxylation is 2. The maximum atomic E-state index is 13.6. The maximum absolute atomic E-state index is 13.6. The Hall–Kier alpha value is -4.42. The monoisotopic (exact) mass is 725 g/mol. The molecule has 2 heterocycles. The van der Waals surface area contributed by atoms with Crippen LogP contribution in [0.2, 0.25) is 0 Å². The van der Waals surface area contributed by atoms with Crippen molar-refractivity contribution in [2.45, 2.75) is 50.0 Å². The molecule has 0 aliphatic carbocycles. The Morgan fingerprint density at radius 1 is 0.846 bits per heavy atom. The summed E-state index contributed by atoms with van der Waals surface area (Å²) in [6, 6.07) is 30.5. The molecule has 1 amide bonds. The van der Waals surface area contributed by atoms with Gasteiger partial charge in [0.25, 0.3) is 15.9 Å². The number of ether oxygens (including phenoxy) is 2. The van der Waals surface area contributed by atoms with Gasteiger partial charge in [0.05, 0.1) is 23.7 Å².